The Morgan fingerprint density at radius 3 is 1.95 bits per heavy atom. The third-order valence-corrected chi connectivity index (χ3v) is 10.3. The van der Waals surface area contributed by atoms with E-state index in [-0.39, 0.29) is 25.4 Å². The third-order valence-electron chi connectivity index (χ3n) is 10.3. The van der Waals surface area contributed by atoms with Gasteiger partial charge in [-0.2, -0.15) is 0 Å². The Bertz CT molecular complexity index is 941. The average Bonchev–Trinajstić information content (AvgIpc) is 3.25. The predicted molar refractivity (Wildman–Crippen MR) is 139 cm³/mol. The van der Waals surface area contributed by atoms with Crippen molar-refractivity contribution < 1.29 is 38.1 Å². The molecule has 0 spiro atoms. The number of esters is 4. The summed E-state index contributed by atoms with van der Waals surface area (Å²) in [4.78, 5) is 52.3. The summed E-state index contributed by atoms with van der Waals surface area (Å²) in [6.45, 7) is 11.2. The van der Waals surface area contributed by atoms with E-state index in [4.69, 9.17) is 18.9 Å². The molecule has 0 aromatic rings. The van der Waals surface area contributed by atoms with Crippen LogP contribution in [0.3, 0.4) is 0 Å². The van der Waals surface area contributed by atoms with Crippen molar-refractivity contribution in [2.75, 3.05) is 13.7 Å². The van der Waals surface area contributed by atoms with Gasteiger partial charge in [-0.1, -0.05) is 6.92 Å². The smallest absolute Gasteiger partial charge is 0.347 e. The van der Waals surface area contributed by atoms with E-state index < -0.39 is 45.9 Å². The number of carbonyl (C=O) groups excluding carboxylic acids is 4. The van der Waals surface area contributed by atoms with Gasteiger partial charge in [-0.25, -0.2) is 4.79 Å². The van der Waals surface area contributed by atoms with Crippen molar-refractivity contribution in [1.29, 1.82) is 0 Å². The van der Waals surface area contributed by atoms with Crippen molar-refractivity contribution in [3.8, 4) is 0 Å². The summed E-state index contributed by atoms with van der Waals surface area (Å²) in [6.07, 6.45) is 5.80. The zero-order valence-electron chi connectivity index (χ0n) is 24.2. The summed E-state index contributed by atoms with van der Waals surface area (Å²) >= 11 is 0. The van der Waals surface area contributed by atoms with Gasteiger partial charge in [0.2, 0.25) is 6.10 Å². The lowest BCUT2D eigenvalue weighted by Gasteiger charge is -2.59. The molecule has 1 saturated heterocycles. The minimum atomic E-state index is -1.17. The highest BCUT2D eigenvalue weighted by atomic mass is 16.6. The largest absolute Gasteiger partial charge is 0.469 e. The van der Waals surface area contributed by atoms with Gasteiger partial charge in [0, 0.05) is 6.42 Å². The third kappa shape index (κ3) is 5.21. The van der Waals surface area contributed by atoms with Gasteiger partial charge in [0.05, 0.1) is 30.0 Å². The highest BCUT2D eigenvalue weighted by Gasteiger charge is 2.59. The highest BCUT2D eigenvalue weighted by Crippen LogP contribution is 2.60. The molecule has 0 aromatic carbocycles. The van der Waals surface area contributed by atoms with Gasteiger partial charge in [0.25, 0.3) is 0 Å². The molecule has 0 amide bonds. The Morgan fingerprint density at radius 1 is 0.895 bits per heavy atom. The molecule has 5 rings (SSSR count). The van der Waals surface area contributed by atoms with Crippen LogP contribution in [0, 0.1) is 39.9 Å². The van der Waals surface area contributed by atoms with Crippen molar-refractivity contribution in [3.63, 3.8) is 0 Å². The maximum Gasteiger partial charge on any atom is 0.347 e. The van der Waals surface area contributed by atoms with Gasteiger partial charge in [-0.15, -0.1) is 0 Å². The Labute approximate surface area is 226 Å². The van der Waals surface area contributed by atoms with Crippen LogP contribution in [0.15, 0.2) is 0 Å². The quantitative estimate of drug-likeness (QED) is 0.285. The second-order valence-electron chi connectivity index (χ2n) is 13.9. The van der Waals surface area contributed by atoms with Gasteiger partial charge >= 0.3 is 23.9 Å². The van der Waals surface area contributed by atoms with Crippen molar-refractivity contribution in [2.24, 2.45) is 39.9 Å². The second-order valence-corrected chi connectivity index (χ2v) is 13.9. The van der Waals surface area contributed by atoms with Crippen molar-refractivity contribution in [2.45, 2.75) is 111 Å². The first-order valence-electron chi connectivity index (χ1n) is 14.4. The SMILES string of the molecule is CCC(C)(CC(C)(CC(C)(C)C(=O)OC1CCOC1=O)C(=O)OC1(C)C2CC3CC(C2)CC1C3)C(=O)OC. The van der Waals surface area contributed by atoms with E-state index in [1.807, 2.05) is 6.92 Å². The van der Waals surface area contributed by atoms with Gasteiger partial charge in [0.15, 0.2) is 0 Å². The molecule has 5 aliphatic rings. The normalized spacial score (nSPS) is 35.1. The van der Waals surface area contributed by atoms with Crippen LogP contribution in [0.5, 0.6) is 0 Å². The first-order chi connectivity index (χ1) is 17.7. The predicted octanol–water partition coefficient (Wildman–Crippen LogP) is 5.01. The molecule has 0 aromatic heterocycles. The van der Waals surface area contributed by atoms with Crippen LogP contribution < -0.4 is 0 Å². The van der Waals surface area contributed by atoms with Gasteiger partial charge < -0.3 is 18.9 Å². The van der Waals surface area contributed by atoms with Gasteiger partial charge in [0.1, 0.15) is 5.60 Å². The van der Waals surface area contributed by atoms with Crippen LogP contribution in [0.1, 0.15) is 99.3 Å². The molecule has 1 aliphatic heterocycles. The van der Waals surface area contributed by atoms with E-state index in [9.17, 15) is 19.2 Å². The van der Waals surface area contributed by atoms with E-state index in [2.05, 4.69) is 6.92 Å². The number of hydrogen-bond donors (Lipinski definition) is 0. The zero-order valence-corrected chi connectivity index (χ0v) is 24.2. The summed E-state index contributed by atoms with van der Waals surface area (Å²) in [5.74, 6) is 0.260. The van der Waals surface area contributed by atoms with Crippen molar-refractivity contribution >= 4 is 23.9 Å². The van der Waals surface area contributed by atoms with Crippen LogP contribution in [-0.4, -0.2) is 49.3 Å². The fourth-order valence-electron chi connectivity index (χ4n) is 8.19. The molecule has 8 nitrogen and oxygen atoms in total. The molecule has 3 unspecified atom stereocenters. The van der Waals surface area contributed by atoms with Crippen molar-refractivity contribution in [3.05, 3.63) is 0 Å². The van der Waals surface area contributed by atoms with Crippen LogP contribution >= 0.6 is 0 Å². The molecular weight excluding hydrogens is 488 g/mol. The molecule has 3 atom stereocenters. The minimum absolute atomic E-state index is 0.0999. The van der Waals surface area contributed by atoms with Gasteiger partial charge in [-0.05, 0) is 110 Å². The second kappa shape index (κ2) is 10.1. The van der Waals surface area contributed by atoms with E-state index >= 15 is 0 Å². The summed E-state index contributed by atoms with van der Waals surface area (Å²) in [5, 5.41) is 0. The Hall–Kier alpha value is -2.12. The molecule has 1 heterocycles. The molecule has 4 saturated carbocycles. The number of hydrogen-bond acceptors (Lipinski definition) is 8. The Morgan fingerprint density at radius 2 is 1.47 bits per heavy atom. The van der Waals surface area contributed by atoms with Crippen molar-refractivity contribution in [1.82, 2.24) is 0 Å². The molecule has 4 bridgehead atoms. The monoisotopic (exact) mass is 534 g/mol. The van der Waals surface area contributed by atoms with Crippen LogP contribution in [0.4, 0.5) is 0 Å². The summed E-state index contributed by atoms with van der Waals surface area (Å²) in [6, 6.07) is 0. The van der Waals surface area contributed by atoms with Crippen LogP contribution in [-0.2, 0) is 38.1 Å². The molecule has 0 N–H and O–H groups in total. The van der Waals surface area contributed by atoms with Gasteiger partial charge in [-0.3, -0.25) is 14.4 Å². The molecule has 8 heteroatoms. The Kier molecular flexibility index (Phi) is 7.69. The molecule has 38 heavy (non-hydrogen) atoms. The van der Waals surface area contributed by atoms with E-state index in [0.717, 1.165) is 37.5 Å². The summed E-state index contributed by atoms with van der Waals surface area (Å²) < 4.78 is 22.1. The number of carbonyl (C=O) groups is 4. The average molecular weight is 535 g/mol. The molecule has 5 fully saturated rings. The van der Waals surface area contributed by atoms with Crippen LogP contribution in [0.25, 0.3) is 0 Å². The van der Waals surface area contributed by atoms with E-state index in [1.54, 1.807) is 27.7 Å². The summed E-state index contributed by atoms with van der Waals surface area (Å²) in [7, 11) is 1.35. The number of cyclic esters (lactones) is 1. The minimum Gasteiger partial charge on any atom is -0.469 e. The topological polar surface area (TPSA) is 105 Å². The fourth-order valence-corrected chi connectivity index (χ4v) is 8.19. The number of ether oxygens (including phenoxy) is 4. The highest BCUT2D eigenvalue weighted by molar-refractivity contribution is 5.85. The maximum absolute atomic E-state index is 14.3. The lowest BCUT2D eigenvalue weighted by Crippen LogP contribution is -2.59. The molecule has 4 aliphatic carbocycles. The number of methoxy groups -OCH3 is 1. The lowest BCUT2D eigenvalue weighted by atomic mass is 9.50. The first-order valence-corrected chi connectivity index (χ1v) is 14.4. The van der Waals surface area contributed by atoms with E-state index in [1.165, 1.54) is 13.5 Å². The molecule has 214 valence electrons. The zero-order chi connectivity index (χ0) is 28.1. The molecule has 0 radical (unpaired) electrons. The first kappa shape index (κ1) is 28.9. The summed E-state index contributed by atoms with van der Waals surface area (Å²) in [5.41, 5.74) is -3.78. The molecular formula is C30H46O8. The standard InChI is InChI=1S/C30H46O8/c1-8-28(4,25(33)35-7)17-29(5,16-27(2,3)24(32)37-22-9-10-36-23(22)31)26(34)38-30(6)20-12-18-11-19(14-20)15-21(30)13-18/h18-22H,8-17H2,1-7H3. The van der Waals surface area contributed by atoms with Crippen LogP contribution in [0.2, 0.25) is 0 Å². The lowest BCUT2D eigenvalue weighted by molar-refractivity contribution is -0.215. The number of rotatable bonds is 10. The maximum atomic E-state index is 14.3. The fraction of sp³-hybridized carbons (Fsp3) is 0.867. The Balaban J connectivity index is 1.60. The van der Waals surface area contributed by atoms with E-state index in [0.29, 0.717) is 24.7 Å².